The van der Waals surface area contributed by atoms with Gasteiger partial charge in [0.1, 0.15) is 6.61 Å². The van der Waals surface area contributed by atoms with Crippen LogP contribution in [0.2, 0.25) is 0 Å². The highest BCUT2D eigenvalue weighted by Gasteiger charge is 2.08. The number of aromatic nitrogens is 1. The van der Waals surface area contributed by atoms with Crippen molar-refractivity contribution in [2.24, 2.45) is 0 Å². The van der Waals surface area contributed by atoms with E-state index in [-0.39, 0.29) is 0 Å². The maximum atomic E-state index is 11.5. The SMILES string of the molecule is Cc1ccc(COc2cccc(-c3ccc(S(C)(=O)=O)cc3)n2)s1. The molecule has 0 atom stereocenters. The summed E-state index contributed by atoms with van der Waals surface area (Å²) < 4.78 is 28.8. The molecule has 4 nitrogen and oxygen atoms in total. The van der Waals surface area contributed by atoms with Crippen LogP contribution in [0.4, 0.5) is 0 Å². The quantitative estimate of drug-likeness (QED) is 0.688. The van der Waals surface area contributed by atoms with E-state index in [9.17, 15) is 8.42 Å². The lowest BCUT2D eigenvalue weighted by atomic mass is 10.1. The summed E-state index contributed by atoms with van der Waals surface area (Å²) in [5, 5.41) is 0. The molecule has 0 spiro atoms. The van der Waals surface area contributed by atoms with Gasteiger partial charge in [-0.3, -0.25) is 0 Å². The van der Waals surface area contributed by atoms with E-state index in [0.717, 1.165) is 16.1 Å². The smallest absolute Gasteiger partial charge is 0.214 e. The van der Waals surface area contributed by atoms with E-state index < -0.39 is 9.84 Å². The number of aryl methyl sites for hydroxylation is 1. The number of pyridine rings is 1. The fourth-order valence-corrected chi connectivity index (χ4v) is 3.67. The lowest BCUT2D eigenvalue weighted by molar-refractivity contribution is 0.297. The first kappa shape index (κ1) is 16.7. The van der Waals surface area contributed by atoms with Crippen LogP contribution in [0.1, 0.15) is 9.75 Å². The van der Waals surface area contributed by atoms with E-state index in [4.69, 9.17) is 4.74 Å². The summed E-state index contributed by atoms with van der Waals surface area (Å²) in [6.45, 7) is 2.55. The molecule has 24 heavy (non-hydrogen) atoms. The topological polar surface area (TPSA) is 56.3 Å². The summed E-state index contributed by atoms with van der Waals surface area (Å²) in [6, 6.07) is 16.4. The van der Waals surface area contributed by atoms with Gasteiger partial charge in [-0.1, -0.05) is 18.2 Å². The third-order valence-electron chi connectivity index (χ3n) is 3.46. The third-order valence-corrected chi connectivity index (χ3v) is 5.56. The fourth-order valence-electron chi connectivity index (χ4n) is 2.24. The van der Waals surface area contributed by atoms with Gasteiger partial charge >= 0.3 is 0 Å². The molecule has 2 heterocycles. The van der Waals surface area contributed by atoms with Gasteiger partial charge in [-0.25, -0.2) is 13.4 Å². The molecule has 0 amide bonds. The Morgan fingerprint density at radius 2 is 1.79 bits per heavy atom. The number of ether oxygens (including phenoxy) is 1. The average Bonchev–Trinajstić information content (AvgIpc) is 2.98. The van der Waals surface area contributed by atoms with Gasteiger partial charge in [0.2, 0.25) is 5.88 Å². The Kier molecular flexibility index (Phi) is 4.69. The van der Waals surface area contributed by atoms with Gasteiger partial charge in [-0.2, -0.15) is 0 Å². The van der Waals surface area contributed by atoms with Gasteiger partial charge in [0, 0.05) is 27.6 Å². The van der Waals surface area contributed by atoms with Crippen molar-refractivity contribution >= 4 is 21.2 Å². The molecule has 0 fully saturated rings. The van der Waals surface area contributed by atoms with Crippen LogP contribution in [-0.2, 0) is 16.4 Å². The van der Waals surface area contributed by atoms with E-state index in [0.29, 0.717) is 17.4 Å². The average molecular weight is 359 g/mol. The lowest BCUT2D eigenvalue weighted by Gasteiger charge is -2.07. The minimum atomic E-state index is -3.19. The molecule has 0 saturated heterocycles. The Labute approximate surface area is 145 Å². The molecule has 0 bridgehead atoms. The summed E-state index contributed by atoms with van der Waals surface area (Å²) in [7, 11) is -3.19. The minimum Gasteiger partial charge on any atom is -0.472 e. The maximum Gasteiger partial charge on any atom is 0.214 e. The van der Waals surface area contributed by atoms with Crippen molar-refractivity contribution < 1.29 is 13.2 Å². The van der Waals surface area contributed by atoms with Crippen molar-refractivity contribution in [3.63, 3.8) is 0 Å². The standard InChI is InChI=1S/C18H17NO3S2/c1-13-6-9-15(23-13)12-22-18-5-3-4-17(19-18)14-7-10-16(11-8-14)24(2,20)21/h3-11H,12H2,1-2H3. The van der Waals surface area contributed by atoms with Crippen molar-refractivity contribution in [1.82, 2.24) is 4.98 Å². The molecule has 3 aromatic rings. The number of rotatable bonds is 5. The number of thiophene rings is 1. The first-order valence-electron chi connectivity index (χ1n) is 7.37. The molecule has 0 saturated carbocycles. The normalized spacial score (nSPS) is 11.4. The van der Waals surface area contributed by atoms with Crippen molar-refractivity contribution in [3.05, 3.63) is 64.4 Å². The van der Waals surface area contributed by atoms with Crippen LogP contribution >= 0.6 is 11.3 Å². The van der Waals surface area contributed by atoms with E-state index >= 15 is 0 Å². The fraction of sp³-hybridized carbons (Fsp3) is 0.167. The Hall–Kier alpha value is -2.18. The molecule has 0 aliphatic carbocycles. The second kappa shape index (κ2) is 6.75. The molecule has 124 valence electrons. The molecule has 0 radical (unpaired) electrons. The molecule has 6 heteroatoms. The van der Waals surface area contributed by atoms with Gasteiger partial charge < -0.3 is 4.74 Å². The van der Waals surface area contributed by atoms with Crippen LogP contribution in [0.25, 0.3) is 11.3 Å². The van der Waals surface area contributed by atoms with Gasteiger partial charge in [0.05, 0.1) is 10.6 Å². The number of benzene rings is 1. The summed E-state index contributed by atoms with van der Waals surface area (Å²) >= 11 is 1.70. The molecular weight excluding hydrogens is 342 g/mol. The zero-order valence-corrected chi connectivity index (χ0v) is 15.0. The predicted octanol–water partition coefficient (Wildman–Crippen LogP) is 4.10. The molecular formula is C18H17NO3S2. The van der Waals surface area contributed by atoms with Crippen molar-refractivity contribution in [2.75, 3.05) is 6.26 Å². The highest BCUT2D eigenvalue weighted by Crippen LogP contribution is 2.23. The Balaban J connectivity index is 1.77. The van der Waals surface area contributed by atoms with Crippen LogP contribution in [0.5, 0.6) is 5.88 Å². The van der Waals surface area contributed by atoms with Crippen LogP contribution in [0, 0.1) is 6.92 Å². The van der Waals surface area contributed by atoms with E-state index in [1.807, 2.05) is 24.3 Å². The Morgan fingerprint density at radius 1 is 1.04 bits per heavy atom. The highest BCUT2D eigenvalue weighted by molar-refractivity contribution is 7.90. The summed E-state index contributed by atoms with van der Waals surface area (Å²) in [5.74, 6) is 0.547. The highest BCUT2D eigenvalue weighted by atomic mass is 32.2. The first-order valence-corrected chi connectivity index (χ1v) is 10.1. The van der Waals surface area contributed by atoms with Gasteiger partial charge in [0.15, 0.2) is 9.84 Å². The Morgan fingerprint density at radius 3 is 2.42 bits per heavy atom. The van der Waals surface area contributed by atoms with Crippen molar-refractivity contribution in [2.45, 2.75) is 18.4 Å². The molecule has 2 aromatic heterocycles. The molecule has 0 aliphatic heterocycles. The first-order chi connectivity index (χ1) is 11.4. The predicted molar refractivity (Wildman–Crippen MR) is 96.2 cm³/mol. The molecule has 3 rings (SSSR count). The van der Waals surface area contributed by atoms with Crippen LogP contribution in [-0.4, -0.2) is 19.7 Å². The van der Waals surface area contributed by atoms with Crippen LogP contribution in [0.15, 0.2) is 59.5 Å². The number of hydrogen-bond donors (Lipinski definition) is 0. The lowest BCUT2D eigenvalue weighted by Crippen LogP contribution is -1.97. The molecule has 0 aliphatic rings. The third kappa shape index (κ3) is 4.01. The van der Waals surface area contributed by atoms with Crippen LogP contribution in [0.3, 0.4) is 0 Å². The number of sulfone groups is 1. The van der Waals surface area contributed by atoms with Gasteiger partial charge in [0.25, 0.3) is 0 Å². The summed E-state index contributed by atoms with van der Waals surface area (Å²) in [5.41, 5.74) is 1.59. The zero-order chi connectivity index (χ0) is 17.2. The summed E-state index contributed by atoms with van der Waals surface area (Å²) in [4.78, 5) is 7.19. The van der Waals surface area contributed by atoms with E-state index in [2.05, 4.69) is 18.0 Å². The summed E-state index contributed by atoms with van der Waals surface area (Å²) in [6.07, 6.45) is 1.20. The largest absolute Gasteiger partial charge is 0.472 e. The van der Waals surface area contributed by atoms with Crippen molar-refractivity contribution in [1.29, 1.82) is 0 Å². The maximum absolute atomic E-state index is 11.5. The molecule has 0 N–H and O–H groups in total. The number of nitrogens with zero attached hydrogens (tertiary/aromatic N) is 1. The zero-order valence-electron chi connectivity index (χ0n) is 13.4. The second-order valence-electron chi connectivity index (χ2n) is 5.46. The van der Waals surface area contributed by atoms with Gasteiger partial charge in [-0.05, 0) is 37.3 Å². The minimum absolute atomic E-state index is 0.298. The Bertz CT molecular complexity index is 944. The van der Waals surface area contributed by atoms with Gasteiger partial charge in [-0.15, -0.1) is 11.3 Å². The molecule has 0 unspecified atom stereocenters. The monoisotopic (exact) mass is 359 g/mol. The van der Waals surface area contributed by atoms with Crippen LogP contribution < -0.4 is 4.74 Å². The number of hydrogen-bond acceptors (Lipinski definition) is 5. The van der Waals surface area contributed by atoms with Crippen molar-refractivity contribution in [3.8, 4) is 17.1 Å². The molecule has 1 aromatic carbocycles. The van der Waals surface area contributed by atoms with E-state index in [1.165, 1.54) is 11.1 Å². The second-order valence-corrected chi connectivity index (χ2v) is 8.85. The van der Waals surface area contributed by atoms with E-state index in [1.54, 1.807) is 35.6 Å².